The van der Waals surface area contributed by atoms with Gasteiger partial charge in [-0.3, -0.25) is 9.80 Å². The van der Waals surface area contributed by atoms with Gasteiger partial charge in [-0.25, -0.2) is 0 Å². The minimum absolute atomic E-state index is 0.138. The molecule has 2 atom stereocenters. The number of hydrogen-bond donors (Lipinski definition) is 2. The first kappa shape index (κ1) is 18.9. The minimum atomic E-state index is -0.267. The molecule has 0 aromatic carbocycles. The summed E-state index contributed by atoms with van der Waals surface area (Å²) in [6, 6.07) is 4.96. The van der Waals surface area contributed by atoms with Crippen LogP contribution in [-0.2, 0) is 6.54 Å². The Labute approximate surface area is 161 Å². The van der Waals surface area contributed by atoms with Crippen LogP contribution >= 0.6 is 11.3 Å². The molecule has 4 rings (SSSR count). The van der Waals surface area contributed by atoms with E-state index in [1.165, 1.54) is 37.0 Å². The summed E-state index contributed by atoms with van der Waals surface area (Å²) in [5.41, 5.74) is 0. The summed E-state index contributed by atoms with van der Waals surface area (Å²) in [6.07, 6.45) is 9.28. The molecule has 1 aromatic heterocycles. The van der Waals surface area contributed by atoms with Crippen LogP contribution < -0.4 is 0 Å². The number of aliphatic hydroxyl groups excluding tert-OH is 2. The Kier molecular flexibility index (Phi) is 6.32. The monoisotopic (exact) mass is 378 g/mol. The highest BCUT2D eigenvalue weighted by molar-refractivity contribution is 7.12. The predicted molar refractivity (Wildman–Crippen MR) is 107 cm³/mol. The zero-order valence-corrected chi connectivity index (χ0v) is 16.7. The van der Waals surface area contributed by atoms with Crippen LogP contribution in [0.1, 0.15) is 67.0 Å². The van der Waals surface area contributed by atoms with Gasteiger partial charge in [0.05, 0.1) is 12.2 Å². The standard InChI is InChI=1S/C21H34N2O2S/c24-17-8-12-23(13-9-17)19-10-11-22(15-20(19)25)14-18-6-7-21(26-18)16-4-2-1-3-5-16/h6-7,16-17,19-20,24-25H,1-5,8-15H2/t19-,20-/m1/s1. The average Bonchev–Trinajstić information content (AvgIpc) is 3.12. The molecule has 2 aliphatic heterocycles. The number of nitrogens with zero attached hydrogens (tertiary/aromatic N) is 2. The quantitative estimate of drug-likeness (QED) is 0.845. The normalized spacial score (nSPS) is 30.7. The van der Waals surface area contributed by atoms with Crippen LogP contribution in [0.25, 0.3) is 0 Å². The SMILES string of the molecule is OC1CCN([C@@H]2CCN(Cc3ccc(C4CCCCC4)s3)C[C@H]2O)CC1. The van der Waals surface area contributed by atoms with Crippen LogP contribution in [-0.4, -0.2) is 64.4 Å². The molecule has 2 N–H and O–H groups in total. The molecule has 5 heteroatoms. The average molecular weight is 379 g/mol. The first-order valence-corrected chi connectivity index (χ1v) is 11.4. The van der Waals surface area contributed by atoms with Crippen molar-refractivity contribution in [1.82, 2.24) is 9.80 Å². The van der Waals surface area contributed by atoms with E-state index in [0.717, 1.165) is 57.9 Å². The van der Waals surface area contributed by atoms with Gasteiger partial charge >= 0.3 is 0 Å². The van der Waals surface area contributed by atoms with E-state index in [2.05, 4.69) is 21.9 Å². The first-order valence-electron chi connectivity index (χ1n) is 10.6. The summed E-state index contributed by atoms with van der Waals surface area (Å²) in [7, 11) is 0. The van der Waals surface area contributed by atoms with Crippen molar-refractivity contribution < 1.29 is 10.2 Å². The second-order valence-electron chi connectivity index (χ2n) is 8.56. The summed E-state index contributed by atoms with van der Waals surface area (Å²) in [4.78, 5) is 7.87. The lowest BCUT2D eigenvalue weighted by atomic mass is 9.88. The fourth-order valence-electron chi connectivity index (χ4n) is 5.08. The highest BCUT2D eigenvalue weighted by Crippen LogP contribution is 2.36. The van der Waals surface area contributed by atoms with E-state index in [1.54, 1.807) is 4.88 Å². The molecular formula is C21H34N2O2S. The van der Waals surface area contributed by atoms with Gasteiger partial charge in [-0.2, -0.15) is 0 Å². The minimum Gasteiger partial charge on any atom is -0.393 e. The fourth-order valence-corrected chi connectivity index (χ4v) is 6.30. The smallest absolute Gasteiger partial charge is 0.0822 e. The van der Waals surface area contributed by atoms with E-state index in [-0.39, 0.29) is 18.2 Å². The maximum absolute atomic E-state index is 10.7. The Morgan fingerprint density at radius 3 is 2.42 bits per heavy atom. The molecule has 0 amide bonds. The molecule has 26 heavy (non-hydrogen) atoms. The van der Waals surface area contributed by atoms with Crippen molar-refractivity contribution >= 4 is 11.3 Å². The number of likely N-dealkylation sites (tertiary alicyclic amines) is 2. The summed E-state index contributed by atoms with van der Waals surface area (Å²) in [5, 5.41) is 20.4. The molecular weight excluding hydrogens is 344 g/mol. The van der Waals surface area contributed by atoms with Gasteiger partial charge in [0.2, 0.25) is 0 Å². The zero-order valence-electron chi connectivity index (χ0n) is 15.9. The Balaban J connectivity index is 1.28. The molecule has 146 valence electrons. The summed E-state index contributed by atoms with van der Waals surface area (Å²) in [5.74, 6) is 0.799. The van der Waals surface area contributed by atoms with Crippen molar-refractivity contribution in [2.75, 3.05) is 26.2 Å². The van der Waals surface area contributed by atoms with E-state index in [0.29, 0.717) is 0 Å². The Morgan fingerprint density at radius 1 is 0.923 bits per heavy atom. The van der Waals surface area contributed by atoms with Crippen molar-refractivity contribution in [3.8, 4) is 0 Å². The Bertz CT molecular complexity index is 564. The molecule has 3 heterocycles. The van der Waals surface area contributed by atoms with Gasteiger partial charge in [0.15, 0.2) is 0 Å². The van der Waals surface area contributed by atoms with Gasteiger partial charge in [0.25, 0.3) is 0 Å². The molecule has 1 saturated carbocycles. The second kappa shape index (κ2) is 8.70. The molecule has 3 aliphatic rings. The number of aliphatic hydroxyl groups is 2. The number of hydrogen-bond acceptors (Lipinski definition) is 5. The van der Waals surface area contributed by atoms with Crippen molar-refractivity contribution in [2.24, 2.45) is 0 Å². The van der Waals surface area contributed by atoms with Crippen molar-refractivity contribution in [2.45, 2.75) is 82.1 Å². The maximum atomic E-state index is 10.7. The van der Waals surface area contributed by atoms with E-state index < -0.39 is 0 Å². The van der Waals surface area contributed by atoms with E-state index in [1.807, 2.05) is 11.3 Å². The highest BCUT2D eigenvalue weighted by Gasteiger charge is 2.33. The van der Waals surface area contributed by atoms with Gasteiger partial charge < -0.3 is 10.2 Å². The molecule has 0 bridgehead atoms. The Morgan fingerprint density at radius 2 is 1.69 bits per heavy atom. The van der Waals surface area contributed by atoms with Gasteiger partial charge in [-0.15, -0.1) is 11.3 Å². The van der Waals surface area contributed by atoms with Crippen LogP contribution in [0.2, 0.25) is 0 Å². The summed E-state index contributed by atoms with van der Waals surface area (Å²) in [6.45, 7) is 4.69. The molecule has 0 unspecified atom stereocenters. The van der Waals surface area contributed by atoms with Gasteiger partial charge in [0.1, 0.15) is 0 Å². The van der Waals surface area contributed by atoms with Crippen molar-refractivity contribution in [3.05, 3.63) is 21.9 Å². The van der Waals surface area contributed by atoms with Crippen LogP contribution in [0.4, 0.5) is 0 Å². The largest absolute Gasteiger partial charge is 0.393 e. The van der Waals surface area contributed by atoms with E-state index >= 15 is 0 Å². The van der Waals surface area contributed by atoms with E-state index in [4.69, 9.17) is 0 Å². The van der Waals surface area contributed by atoms with Gasteiger partial charge in [-0.1, -0.05) is 19.3 Å². The lowest BCUT2D eigenvalue weighted by Gasteiger charge is -2.43. The number of rotatable bonds is 4. The maximum Gasteiger partial charge on any atom is 0.0822 e. The molecule has 0 radical (unpaired) electrons. The van der Waals surface area contributed by atoms with E-state index in [9.17, 15) is 10.2 Å². The van der Waals surface area contributed by atoms with Crippen molar-refractivity contribution in [1.29, 1.82) is 0 Å². The summed E-state index contributed by atoms with van der Waals surface area (Å²) < 4.78 is 0. The fraction of sp³-hybridized carbons (Fsp3) is 0.810. The molecule has 1 aromatic rings. The van der Waals surface area contributed by atoms with Crippen LogP contribution in [0.15, 0.2) is 12.1 Å². The zero-order chi connectivity index (χ0) is 17.9. The highest BCUT2D eigenvalue weighted by atomic mass is 32.1. The third kappa shape index (κ3) is 4.50. The topological polar surface area (TPSA) is 46.9 Å². The lowest BCUT2D eigenvalue weighted by Crippen LogP contribution is -2.55. The summed E-state index contributed by atoms with van der Waals surface area (Å²) >= 11 is 2.00. The van der Waals surface area contributed by atoms with Crippen LogP contribution in [0.5, 0.6) is 0 Å². The molecule has 0 spiro atoms. The van der Waals surface area contributed by atoms with Crippen LogP contribution in [0, 0.1) is 0 Å². The van der Waals surface area contributed by atoms with Gasteiger partial charge in [0, 0.05) is 48.5 Å². The third-order valence-electron chi connectivity index (χ3n) is 6.67. The number of β-amino-alcohol motifs (C(OH)–C–C–N with tert-alkyl or cyclic N) is 1. The van der Waals surface area contributed by atoms with Crippen molar-refractivity contribution in [3.63, 3.8) is 0 Å². The number of thiophene rings is 1. The molecule has 3 fully saturated rings. The van der Waals surface area contributed by atoms with Crippen LogP contribution in [0.3, 0.4) is 0 Å². The number of piperidine rings is 2. The second-order valence-corrected chi connectivity index (χ2v) is 9.76. The predicted octanol–water partition coefficient (Wildman–Crippen LogP) is 3.19. The lowest BCUT2D eigenvalue weighted by molar-refractivity contribution is -0.0353. The Hall–Kier alpha value is -0.460. The third-order valence-corrected chi connectivity index (χ3v) is 7.90. The molecule has 1 aliphatic carbocycles. The molecule has 2 saturated heterocycles. The first-order chi connectivity index (χ1) is 12.7. The van der Waals surface area contributed by atoms with Gasteiger partial charge in [-0.05, 0) is 50.2 Å². The molecule has 4 nitrogen and oxygen atoms in total.